The van der Waals surface area contributed by atoms with E-state index in [-0.39, 0.29) is 10.8 Å². The van der Waals surface area contributed by atoms with Gasteiger partial charge in [-0.3, -0.25) is 0 Å². The molecule has 0 aliphatic carbocycles. The lowest BCUT2D eigenvalue weighted by atomic mass is 9.85. The third kappa shape index (κ3) is 8.51. The van der Waals surface area contributed by atoms with Crippen molar-refractivity contribution in [1.82, 2.24) is 24.1 Å². The number of hydrogen-bond donors (Lipinski definition) is 0. The molecule has 13 aromatic rings. The van der Waals surface area contributed by atoms with Crippen molar-refractivity contribution in [2.75, 3.05) is 0 Å². The van der Waals surface area contributed by atoms with Crippen molar-refractivity contribution >= 4 is 43.6 Å². The van der Waals surface area contributed by atoms with E-state index in [2.05, 4.69) is 239 Å². The molecule has 0 unspecified atom stereocenters. The molecule has 0 saturated carbocycles. The van der Waals surface area contributed by atoms with Gasteiger partial charge in [-0.1, -0.05) is 187 Å². The highest BCUT2D eigenvalue weighted by Gasteiger charge is 2.26. The molecular formula is C72H56N6. The highest BCUT2D eigenvalue weighted by atomic mass is 15.0. The molecule has 6 nitrogen and oxygen atoms in total. The summed E-state index contributed by atoms with van der Waals surface area (Å²) < 4.78 is 4.91. The van der Waals surface area contributed by atoms with Crippen LogP contribution in [0, 0.1) is 11.3 Å². The molecule has 0 N–H and O–H groups in total. The van der Waals surface area contributed by atoms with E-state index in [4.69, 9.17) is 15.0 Å². The minimum atomic E-state index is -0.0621. The second-order valence-corrected chi connectivity index (χ2v) is 22.4. The van der Waals surface area contributed by atoms with Crippen molar-refractivity contribution in [2.45, 2.75) is 52.4 Å². The van der Waals surface area contributed by atoms with Crippen LogP contribution in [-0.4, -0.2) is 24.1 Å². The first-order valence-corrected chi connectivity index (χ1v) is 26.7. The first-order chi connectivity index (χ1) is 37.9. The summed E-state index contributed by atoms with van der Waals surface area (Å²) in [4.78, 5) is 15.7. The van der Waals surface area contributed by atoms with Gasteiger partial charge in [0.05, 0.1) is 45.1 Å². The van der Waals surface area contributed by atoms with E-state index in [1.165, 1.54) is 27.5 Å². The summed E-state index contributed by atoms with van der Waals surface area (Å²) in [5.74, 6) is 1.76. The fourth-order valence-electron chi connectivity index (χ4n) is 11.1. The zero-order valence-corrected chi connectivity index (χ0v) is 44.6. The Morgan fingerprint density at radius 3 is 1.21 bits per heavy atom. The zero-order valence-electron chi connectivity index (χ0n) is 44.6. The third-order valence-corrected chi connectivity index (χ3v) is 15.3. The fourth-order valence-corrected chi connectivity index (χ4v) is 11.1. The molecule has 0 aliphatic heterocycles. The molecular weight excluding hydrogens is 949 g/mol. The normalized spacial score (nSPS) is 12.0. The maximum Gasteiger partial charge on any atom is 0.164 e. The average Bonchev–Trinajstić information content (AvgIpc) is 4.22. The molecule has 3 aromatic heterocycles. The Morgan fingerprint density at radius 1 is 0.321 bits per heavy atom. The van der Waals surface area contributed by atoms with Gasteiger partial charge in [-0.05, 0) is 129 Å². The molecule has 6 heteroatoms. The number of aromatic nitrogens is 5. The average molecular weight is 1010 g/mol. The minimum Gasteiger partial charge on any atom is -0.309 e. The number of fused-ring (bicyclic) bond motifs is 6. The van der Waals surface area contributed by atoms with Gasteiger partial charge in [-0.25, -0.2) is 15.0 Å². The maximum atomic E-state index is 9.89. The van der Waals surface area contributed by atoms with Gasteiger partial charge in [0.2, 0.25) is 0 Å². The summed E-state index contributed by atoms with van der Waals surface area (Å²) in [6.07, 6.45) is 0. The lowest BCUT2D eigenvalue weighted by molar-refractivity contribution is 0.590. The highest BCUT2D eigenvalue weighted by molar-refractivity contribution is 6.13. The van der Waals surface area contributed by atoms with E-state index in [9.17, 15) is 5.26 Å². The van der Waals surface area contributed by atoms with E-state index in [1.54, 1.807) is 0 Å². The van der Waals surface area contributed by atoms with Gasteiger partial charge in [-0.15, -0.1) is 0 Å². The largest absolute Gasteiger partial charge is 0.309 e. The van der Waals surface area contributed by atoms with Crippen LogP contribution in [0.1, 0.15) is 58.2 Å². The van der Waals surface area contributed by atoms with Gasteiger partial charge in [0.1, 0.15) is 0 Å². The zero-order chi connectivity index (χ0) is 53.3. The summed E-state index contributed by atoms with van der Waals surface area (Å²) in [5, 5.41) is 14.6. The van der Waals surface area contributed by atoms with E-state index >= 15 is 0 Å². The van der Waals surface area contributed by atoms with Crippen LogP contribution in [0.5, 0.6) is 0 Å². The summed E-state index contributed by atoms with van der Waals surface area (Å²) in [6, 6.07) is 84.4. The third-order valence-electron chi connectivity index (χ3n) is 15.3. The van der Waals surface area contributed by atoms with Gasteiger partial charge in [0.15, 0.2) is 17.5 Å². The van der Waals surface area contributed by atoms with Gasteiger partial charge in [-0.2, -0.15) is 5.26 Å². The van der Waals surface area contributed by atoms with E-state index in [0.717, 1.165) is 88.7 Å². The van der Waals surface area contributed by atoms with Crippen LogP contribution in [0.3, 0.4) is 0 Å². The first-order valence-electron chi connectivity index (χ1n) is 26.7. The van der Waals surface area contributed by atoms with Crippen LogP contribution in [0.15, 0.2) is 231 Å². The lowest BCUT2D eigenvalue weighted by Crippen LogP contribution is -2.10. The van der Waals surface area contributed by atoms with Crippen molar-refractivity contribution in [3.05, 3.63) is 247 Å². The Balaban J connectivity index is 1.15. The molecule has 0 amide bonds. The number of nitriles is 1. The maximum absolute atomic E-state index is 9.89. The summed E-state index contributed by atoms with van der Waals surface area (Å²) >= 11 is 0. The highest BCUT2D eigenvalue weighted by Crippen LogP contribution is 2.45. The predicted octanol–water partition coefficient (Wildman–Crippen LogP) is 18.5. The molecule has 0 atom stereocenters. The van der Waals surface area contributed by atoms with Crippen LogP contribution < -0.4 is 0 Å². The lowest BCUT2D eigenvalue weighted by Gasteiger charge is -2.22. The molecule has 0 radical (unpaired) electrons. The first kappa shape index (κ1) is 48.0. The van der Waals surface area contributed by atoms with Crippen molar-refractivity contribution in [3.63, 3.8) is 0 Å². The van der Waals surface area contributed by atoms with Gasteiger partial charge in [0, 0.05) is 49.4 Å². The quantitative estimate of drug-likeness (QED) is 0.152. The standard InChI is InChI=1S/C72H56N6/c1-71(2,3)54-33-38-66-60(43-54)61-44-55(72(4,5)6)34-39-67(61)78(66)64-36-31-52(48-28-26-46(45-73)27-29-48)41-58(64)59-42-53(70-75-68(49-20-12-8-13-21-49)74-69(76-70)50-22-14-9-15-23-50)32-37-65(59)77-62-25-17-16-24-56(62)57-40-51(30-35-63(57)77)47-18-10-7-11-19-47/h7-44H,1-6H3. The van der Waals surface area contributed by atoms with Gasteiger partial charge >= 0.3 is 0 Å². The molecule has 0 saturated heterocycles. The molecule has 374 valence electrons. The smallest absolute Gasteiger partial charge is 0.164 e. The van der Waals surface area contributed by atoms with Crippen molar-refractivity contribution in [2.24, 2.45) is 0 Å². The SMILES string of the molecule is CC(C)(C)c1ccc2c(c1)c1cc(C(C)(C)C)ccc1n2-c1ccc(-c2ccc(C#N)cc2)cc1-c1cc(-c2nc(-c3ccccc3)nc(-c3ccccc3)n2)ccc1-n1c2ccccc2c2cc(-c3ccccc3)ccc21. The summed E-state index contributed by atoms with van der Waals surface area (Å²) in [6.45, 7) is 13.7. The second-order valence-electron chi connectivity index (χ2n) is 22.4. The molecule has 0 fully saturated rings. The Morgan fingerprint density at radius 2 is 0.692 bits per heavy atom. The molecule has 0 aliphatic rings. The molecule has 0 bridgehead atoms. The predicted molar refractivity (Wildman–Crippen MR) is 323 cm³/mol. The van der Waals surface area contributed by atoms with Crippen molar-refractivity contribution < 1.29 is 0 Å². The minimum absolute atomic E-state index is 0.0621. The van der Waals surface area contributed by atoms with Crippen LogP contribution in [-0.2, 0) is 10.8 Å². The van der Waals surface area contributed by atoms with Crippen molar-refractivity contribution in [1.29, 1.82) is 5.26 Å². The van der Waals surface area contributed by atoms with E-state index < -0.39 is 0 Å². The number of rotatable bonds is 8. The monoisotopic (exact) mass is 1000 g/mol. The molecule has 13 rings (SSSR count). The van der Waals surface area contributed by atoms with Crippen LogP contribution in [0.25, 0.3) is 123 Å². The molecule has 78 heavy (non-hydrogen) atoms. The Kier molecular flexibility index (Phi) is 11.6. The van der Waals surface area contributed by atoms with Crippen LogP contribution >= 0.6 is 0 Å². The second kappa shape index (κ2) is 18.8. The Labute approximate surface area is 455 Å². The number of nitrogens with zero attached hydrogens (tertiary/aromatic N) is 6. The van der Waals surface area contributed by atoms with E-state index in [0.29, 0.717) is 23.0 Å². The van der Waals surface area contributed by atoms with Crippen LogP contribution in [0.2, 0.25) is 0 Å². The number of hydrogen-bond acceptors (Lipinski definition) is 4. The Hall–Kier alpha value is -9.70. The fraction of sp³-hybridized carbons (Fsp3) is 0.111. The number of para-hydroxylation sites is 1. The van der Waals surface area contributed by atoms with Crippen LogP contribution in [0.4, 0.5) is 0 Å². The Bertz CT molecular complexity index is 4360. The summed E-state index contributed by atoms with van der Waals surface area (Å²) in [7, 11) is 0. The van der Waals surface area contributed by atoms with Crippen molar-refractivity contribution in [3.8, 4) is 85.0 Å². The summed E-state index contributed by atoms with van der Waals surface area (Å²) in [5.41, 5.74) is 18.5. The number of benzene rings is 10. The van der Waals surface area contributed by atoms with Gasteiger partial charge in [0.25, 0.3) is 0 Å². The molecule has 10 aromatic carbocycles. The molecule has 0 spiro atoms. The topological polar surface area (TPSA) is 72.3 Å². The molecule has 3 heterocycles. The van der Waals surface area contributed by atoms with Gasteiger partial charge < -0.3 is 9.13 Å². The van der Waals surface area contributed by atoms with E-state index in [1.807, 2.05) is 48.5 Å².